The molecule has 0 unspecified atom stereocenters. The van der Waals surface area contributed by atoms with Crippen LogP contribution in [0, 0.1) is 0 Å². The Hall–Kier alpha value is -3.48. The summed E-state index contributed by atoms with van der Waals surface area (Å²) in [5, 5.41) is 6.68. The number of fused-ring (bicyclic) bond motifs is 1. The smallest absolute Gasteiger partial charge is 0.253 e. The molecular weight excluding hydrogens is 306 g/mol. The van der Waals surface area contributed by atoms with Crippen molar-refractivity contribution in [2.75, 3.05) is 0 Å². The summed E-state index contributed by atoms with van der Waals surface area (Å²) in [5.41, 5.74) is 2.35. The van der Waals surface area contributed by atoms with E-state index in [2.05, 4.69) is 20.4 Å². The van der Waals surface area contributed by atoms with Crippen molar-refractivity contribution < 1.29 is 9.32 Å². The molecule has 7 nitrogen and oxygen atoms in total. The zero-order valence-electron chi connectivity index (χ0n) is 12.6. The standard InChI is InChI=1S/C17H13N5O2/c23-17(13-9-14-3-1-2-8-22(14)11-13)19-10-15-20-16(21-24-15)12-4-6-18-7-5-12/h1-9,11H,10H2,(H,19,23). The van der Waals surface area contributed by atoms with Crippen molar-refractivity contribution in [3.63, 3.8) is 0 Å². The Balaban J connectivity index is 1.45. The lowest BCUT2D eigenvalue weighted by atomic mass is 10.2. The van der Waals surface area contributed by atoms with Crippen LogP contribution in [0.5, 0.6) is 0 Å². The Morgan fingerprint density at radius 1 is 1.21 bits per heavy atom. The highest BCUT2D eigenvalue weighted by Gasteiger charge is 2.12. The Morgan fingerprint density at radius 2 is 2.08 bits per heavy atom. The van der Waals surface area contributed by atoms with Gasteiger partial charge in [-0.3, -0.25) is 9.78 Å². The molecule has 1 N–H and O–H groups in total. The van der Waals surface area contributed by atoms with Crippen molar-refractivity contribution in [3.8, 4) is 11.4 Å². The van der Waals surface area contributed by atoms with Gasteiger partial charge in [-0.15, -0.1) is 0 Å². The number of carbonyl (C=O) groups excluding carboxylic acids is 1. The van der Waals surface area contributed by atoms with Crippen LogP contribution in [0.25, 0.3) is 16.9 Å². The van der Waals surface area contributed by atoms with E-state index in [9.17, 15) is 4.79 Å². The predicted octanol–water partition coefficient (Wildman–Crippen LogP) is 2.31. The molecule has 7 heteroatoms. The van der Waals surface area contributed by atoms with Crippen LogP contribution in [0.2, 0.25) is 0 Å². The van der Waals surface area contributed by atoms with E-state index in [1.165, 1.54) is 0 Å². The fourth-order valence-corrected chi connectivity index (χ4v) is 2.38. The first-order valence-corrected chi connectivity index (χ1v) is 7.37. The minimum atomic E-state index is -0.192. The first-order chi connectivity index (χ1) is 11.8. The number of rotatable bonds is 4. The molecular formula is C17H13N5O2. The Labute approximate surface area is 137 Å². The molecule has 0 spiro atoms. The van der Waals surface area contributed by atoms with Gasteiger partial charge in [0.25, 0.3) is 5.91 Å². The van der Waals surface area contributed by atoms with E-state index < -0.39 is 0 Å². The van der Waals surface area contributed by atoms with E-state index >= 15 is 0 Å². The van der Waals surface area contributed by atoms with E-state index in [0.29, 0.717) is 17.3 Å². The van der Waals surface area contributed by atoms with Gasteiger partial charge in [0.15, 0.2) is 0 Å². The van der Waals surface area contributed by atoms with Gasteiger partial charge in [-0.05, 0) is 30.3 Å². The van der Waals surface area contributed by atoms with Crippen LogP contribution in [0.15, 0.2) is 65.7 Å². The molecule has 0 saturated carbocycles. The maximum atomic E-state index is 12.2. The lowest BCUT2D eigenvalue weighted by Gasteiger charge is -1.98. The van der Waals surface area contributed by atoms with Crippen LogP contribution in [0.1, 0.15) is 16.2 Å². The van der Waals surface area contributed by atoms with Crippen molar-refractivity contribution in [2.45, 2.75) is 6.54 Å². The third-order valence-corrected chi connectivity index (χ3v) is 3.57. The van der Waals surface area contributed by atoms with Crippen molar-refractivity contribution >= 4 is 11.4 Å². The fourth-order valence-electron chi connectivity index (χ4n) is 2.38. The third-order valence-electron chi connectivity index (χ3n) is 3.57. The summed E-state index contributed by atoms with van der Waals surface area (Å²) >= 11 is 0. The number of carbonyl (C=O) groups is 1. The molecule has 4 heterocycles. The van der Waals surface area contributed by atoms with Crippen LogP contribution in [0.3, 0.4) is 0 Å². The molecule has 0 aliphatic rings. The van der Waals surface area contributed by atoms with E-state index in [-0.39, 0.29) is 12.5 Å². The van der Waals surface area contributed by atoms with E-state index in [4.69, 9.17) is 4.52 Å². The molecule has 24 heavy (non-hydrogen) atoms. The Kier molecular flexibility index (Phi) is 3.51. The first kappa shape index (κ1) is 14.1. The molecule has 1 amide bonds. The molecule has 4 aromatic rings. The second-order valence-electron chi connectivity index (χ2n) is 5.19. The molecule has 0 aliphatic heterocycles. The summed E-state index contributed by atoms with van der Waals surface area (Å²) in [4.78, 5) is 20.4. The fraction of sp³-hybridized carbons (Fsp3) is 0.0588. The number of pyridine rings is 2. The number of amides is 1. The zero-order chi connectivity index (χ0) is 16.4. The maximum Gasteiger partial charge on any atom is 0.253 e. The van der Waals surface area contributed by atoms with Crippen molar-refractivity contribution in [1.82, 2.24) is 24.8 Å². The monoisotopic (exact) mass is 319 g/mol. The van der Waals surface area contributed by atoms with Crippen LogP contribution >= 0.6 is 0 Å². The third kappa shape index (κ3) is 2.74. The second kappa shape index (κ2) is 5.96. The summed E-state index contributed by atoms with van der Waals surface area (Å²) < 4.78 is 7.05. The first-order valence-electron chi connectivity index (χ1n) is 7.37. The van der Waals surface area contributed by atoms with Gasteiger partial charge in [0.05, 0.1) is 12.1 Å². The molecule has 0 aliphatic carbocycles. The highest BCUT2D eigenvalue weighted by Crippen LogP contribution is 2.14. The van der Waals surface area contributed by atoms with Gasteiger partial charge in [0.2, 0.25) is 11.7 Å². The van der Waals surface area contributed by atoms with Crippen molar-refractivity contribution in [2.24, 2.45) is 0 Å². The molecule has 0 radical (unpaired) electrons. The van der Waals surface area contributed by atoms with Crippen LogP contribution < -0.4 is 5.32 Å². The number of hydrogen-bond donors (Lipinski definition) is 1. The summed E-state index contributed by atoms with van der Waals surface area (Å²) in [7, 11) is 0. The van der Waals surface area contributed by atoms with E-state index in [1.807, 2.05) is 34.9 Å². The molecule has 0 saturated heterocycles. The van der Waals surface area contributed by atoms with Crippen LogP contribution in [0.4, 0.5) is 0 Å². The maximum absolute atomic E-state index is 12.2. The lowest BCUT2D eigenvalue weighted by Crippen LogP contribution is -2.22. The number of aromatic nitrogens is 4. The Bertz CT molecular complexity index is 957. The molecule has 0 atom stereocenters. The number of nitrogens with one attached hydrogen (secondary N) is 1. The topological polar surface area (TPSA) is 85.3 Å². The van der Waals surface area contributed by atoms with Gasteiger partial charge in [0.1, 0.15) is 0 Å². The average molecular weight is 319 g/mol. The van der Waals surface area contributed by atoms with Crippen molar-refractivity contribution in [1.29, 1.82) is 0 Å². The van der Waals surface area contributed by atoms with Crippen LogP contribution in [-0.2, 0) is 6.54 Å². The molecule has 0 fully saturated rings. The highest BCUT2D eigenvalue weighted by atomic mass is 16.5. The van der Waals surface area contributed by atoms with Gasteiger partial charge in [0, 0.05) is 35.9 Å². The molecule has 0 bridgehead atoms. The summed E-state index contributed by atoms with van der Waals surface area (Å²) in [6.07, 6.45) is 6.99. The van der Waals surface area contributed by atoms with Gasteiger partial charge < -0.3 is 14.2 Å². The summed E-state index contributed by atoms with van der Waals surface area (Å²) in [5.74, 6) is 0.623. The minimum Gasteiger partial charge on any atom is -0.343 e. The largest absolute Gasteiger partial charge is 0.343 e. The number of nitrogens with zero attached hydrogens (tertiary/aromatic N) is 4. The van der Waals surface area contributed by atoms with E-state index in [0.717, 1.165) is 11.1 Å². The number of hydrogen-bond acceptors (Lipinski definition) is 5. The Morgan fingerprint density at radius 3 is 2.92 bits per heavy atom. The second-order valence-corrected chi connectivity index (χ2v) is 5.19. The molecule has 4 aromatic heterocycles. The van der Waals surface area contributed by atoms with Crippen LogP contribution in [-0.4, -0.2) is 25.4 Å². The van der Waals surface area contributed by atoms with Gasteiger partial charge in [-0.2, -0.15) is 4.98 Å². The average Bonchev–Trinajstić information content (AvgIpc) is 3.27. The normalized spacial score (nSPS) is 10.8. The van der Waals surface area contributed by atoms with Gasteiger partial charge >= 0.3 is 0 Å². The van der Waals surface area contributed by atoms with Gasteiger partial charge in [-0.25, -0.2) is 0 Å². The molecule has 4 rings (SSSR count). The molecule has 118 valence electrons. The zero-order valence-corrected chi connectivity index (χ0v) is 12.6. The lowest BCUT2D eigenvalue weighted by molar-refractivity contribution is 0.0946. The predicted molar refractivity (Wildman–Crippen MR) is 86.1 cm³/mol. The SMILES string of the molecule is O=C(NCc1nc(-c2ccncc2)no1)c1cc2ccccn2c1. The quantitative estimate of drug-likeness (QED) is 0.624. The summed E-state index contributed by atoms with van der Waals surface area (Å²) in [6, 6.07) is 11.2. The highest BCUT2D eigenvalue weighted by molar-refractivity contribution is 5.95. The summed E-state index contributed by atoms with van der Waals surface area (Å²) in [6.45, 7) is 0.170. The van der Waals surface area contributed by atoms with E-state index in [1.54, 1.807) is 30.7 Å². The minimum absolute atomic E-state index is 0.170. The van der Waals surface area contributed by atoms with Gasteiger partial charge in [-0.1, -0.05) is 11.2 Å². The molecule has 0 aromatic carbocycles. The van der Waals surface area contributed by atoms with Crippen molar-refractivity contribution in [3.05, 3.63) is 72.6 Å².